The fourth-order valence-corrected chi connectivity index (χ4v) is 4.91. The van der Waals surface area contributed by atoms with Gasteiger partial charge in [-0.05, 0) is 92.7 Å². The van der Waals surface area contributed by atoms with Gasteiger partial charge in [-0.1, -0.05) is 38.0 Å². The summed E-state index contributed by atoms with van der Waals surface area (Å²) in [6, 6.07) is 7.06. The van der Waals surface area contributed by atoms with E-state index < -0.39 is 0 Å². The maximum atomic E-state index is 13.9. The summed E-state index contributed by atoms with van der Waals surface area (Å²) in [5.41, 5.74) is 1.22. The number of hydrogen-bond acceptors (Lipinski definition) is 1. The Morgan fingerprint density at radius 1 is 1.00 bits per heavy atom. The molecule has 0 N–H and O–H groups in total. The third-order valence-electron chi connectivity index (χ3n) is 6.60. The molecule has 1 aromatic rings. The van der Waals surface area contributed by atoms with E-state index in [1.165, 1.54) is 51.4 Å². The molecule has 0 bridgehead atoms. The van der Waals surface area contributed by atoms with E-state index in [2.05, 4.69) is 19.1 Å². The van der Waals surface area contributed by atoms with E-state index in [-0.39, 0.29) is 11.4 Å². The highest BCUT2D eigenvalue weighted by Gasteiger charge is 2.23. The standard InChI is InChI=1S/C24H32FN/c1-2-3-18-4-6-19(7-5-18)8-9-20-10-12-21(13-11-20)22-14-15-23(17-26)24(25)16-22/h8-9,14-16,18-21H,2-7,10-13H2,1H3/b9-8+. The molecule has 1 nitrogen and oxygen atoms in total. The SMILES string of the molecule is CCCC1CCC(/C=C/C2CCC(c3ccc(C#N)c(F)c3)CC2)CC1. The summed E-state index contributed by atoms with van der Waals surface area (Å²) in [5.74, 6) is 2.56. The van der Waals surface area contributed by atoms with Crippen LogP contribution in [0.2, 0.25) is 0 Å². The lowest BCUT2D eigenvalue weighted by atomic mass is 9.77. The smallest absolute Gasteiger partial charge is 0.141 e. The van der Waals surface area contributed by atoms with Gasteiger partial charge in [-0.15, -0.1) is 0 Å². The van der Waals surface area contributed by atoms with Crippen LogP contribution in [0.4, 0.5) is 4.39 Å². The molecule has 0 heterocycles. The Morgan fingerprint density at radius 3 is 2.15 bits per heavy atom. The van der Waals surface area contributed by atoms with Gasteiger partial charge in [-0.3, -0.25) is 0 Å². The summed E-state index contributed by atoms with van der Waals surface area (Å²) < 4.78 is 13.9. The molecule has 0 aliphatic heterocycles. The second-order valence-electron chi connectivity index (χ2n) is 8.42. The molecule has 0 amide bonds. The Morgan fingerprint density at radius 2 is 1.62 bits per heavy atom. The van der Waals surface area contributed by atoms with E-state index in [0.717, 1.165) is 30.2 Å². The minimum absolute atomic E-state index is 0.152. The van der Waals surface area contributed by atoms with Crippen LogP contribution in [0.1, 0.15) is 88.2 Å². The summed E-state index contributed by atoms with van der Waals surface area (Å²) in [7, 11) is 0. The van der Waals surface area contributed by atoms with Gasteiger partial charge in [0.05, 0.1) is 5.56 Å². The van der Waals surface area contributed by atoms with Gasteiger partial charge in [0.2, 0.25) is 0 Å². The van der Waals surface area contributed by atoms with E-state index in [1.54, 1.807) is 12.1 Å². The lowest BCUT2D eigenvalue weighted by Crippen LogP contribution is -2.14. The third-order valence-corrected chi connectivity index (χ3v) is 6.60. The van der Waals surface area contributed by atoms with Crippen molar-refractivity contribution in [3.05, 3.63) is 47.3 Å². The fourth-order valence-electron chi connectivity index (χ4n) is 4.91. The normalized spacial score (nSPS) is 29.6. The van der Waals surface area contributed by atoms with Gasteiger partial charge in [0.25, 0.3) is 0 Å². The van der Waals surface area contributed by atoms with Crippen molar-refractivity contribution >= 4 is 0 Å². The Labute approximate surface area is 158 Å². The highest BCUT2D eigenvalue weighted by Crippen LogP contribution is 2.38. The minimum atomic E-state index is -0.370. The van der Waals surface area contributed by atoms with Crippen molar-refractivity contribution in [3.63, 3.8) is 0 Å². The molecular formula is C24H32FN. The van der Waals surface area contributed by atoms with Crippen LogP contribution in [0.25, 0.3) is 0 Å². The van der Waals surface area contributed by atoms with Crippen LogP contribution in [-0.4, -0.2) is 0 Å². The van der Waals surface area contributed by atoms with Gasteiger partial charge < -0.3 is 0 Å². The molecule has 0 unspecified atom stereocenters. The highest BCUT2D eigenvalue weighted by molar-refractivity contribution is 5.35. The Kier molecular flexibility index (Phi) is 6.89. The molecule has 0 saturated heterocycles. The number of nitrogens with zero attached hydrogens (tertiary/aromatic N) is 1. The molecule has 2 aliphatic rings. The lowest BCUT2D eigenvalue weighted by Gasteiger charge is -2.29. The molecular weight excluding hydrogens is 321 g/mol. The highest BCUT2D eigenvalue weighted by atomic mass is 19.1. The first-order chi connectivity index (χ1) is 12.7. The second-order valence-corrected chi connectivity index (χ2v) is 8.42. The van der Waals surface area contributed by atoms with Crippen molar-refractivity contribution in [2.75, 3.05) is 0 Å². The Hall–Kier alpha value is -1.62. The van der Waals surface area contributed by atoms with Crippen LogP contribution in [-0.2, 0) is 0 Å². The maximum absolute atomic E-state index is 13.9. The number of benzene rings is 1. The first-order valence-corrected chi connectivity index (χ1v) is 10.6. The number of allylic oxidation sites excluding steroid dienone is 2. The van der Waals surface area contributed by atoms with E-state index in [4.69, 9.17) is 5.26 Å². The van der Waals surface area contributed by atoms with Crippen LogP contribution in [0, 0.1) is 34.9 Å². The number of hydrogen-bond donors (Lipinski definition) is 0. The maximum Gasteiger partial charge on any atom is 0.141 e. The predicted octanol–water partition coefficient (Wildman–Crippen LogP) is 7.13. The van der Waals surface area contributed by atoms with Crippen molar-refractivity contribution in [2.24, 2.45) is 17.8 Å². The topological polar surface area (TPSA) is 23.8 Å². The molecule has 2 heteroatoms. The van der Waals surface area contributed by atoms with Gasteiger partial charge in [-0.2, -0.15) is 5.26 Å². The first kappa shape index (κ1) is 19.2. The fraction of sp³-hybridized carbons (Fsp3) is 0.625. The van der Waals surface area contributed by atoms with Crippen molar-refractivity contribution in [1.82, 2.24) is 0 Å². The Bertz CT molecular complexity index is 641. The van der Waals surface area contributed by atoms with Crippen LogP contribution >= 0.6 is 0 Å². The number of halogens is 1. The van der Waals surface area contributed by atoms with Crippen LogP contribution in [0.5, 0.6) is 0 Å². The zero-order chi connectivity index (χ0) is 18.4. The monoisotopic (exact) mass is 353 g/mol. The summed E-state index contributed by atoms with van der Waals surface area (Å²) >= 11 is 0. The number of rotatable bonds is 5. The quantitative estimate of drug-likeness (QED) is 0.516. The molecule has 0 spiro atoms. The largest absolute Gasteiger partial charge is 0.206 e. The van der Waals surface area contributed by atoms with Crippen LogP contribution < -0.4 is 0 Å². The van der Waals surface area contributed by atoms with Gasteiger partial charge in [0.15, 0.2) is 0 Å². The minimum Gasteiger partial charge on any atom is -0.206 e. The zero-order valence-corrected chi connectivity index (χ0v) is 16.1. The predicted molar refractivity (Wildman–Crippen MR) is 105 cm³/mol. The summed E-state index contributed by atoms with van der Waals surface area (Å²) in [6.45, 7) is 2.30. The molecule has 2 saturated carbocycles. The van der Waals surface area contributed by atoms with E-state index in [1.807, 2.05) is 12.1 Å². The van der Waals surface area contributed by atoms with Gasteiger partial charge in [-0.25, -0.2) is 4.39 Å². The summed E-state index contributed by atoms with van der Waals surface area (Å²) in [5, 5.41) is 8.86. The van der Waals surface area contributed by atoms with Gasteiger partial charge in [0.1, 0.15) is 11.9 Å². The van der Waals surface area contributed by atoms with Crippen molar-refractivity contribution in [3.8, 4) is 6.07 Å². The molecule has 0 aromatic heterocycles. The second kappa shape index (κ2) is 9.36. The first-order valence-electron chi connectivity index (χ1n) is 10.6. The molecule has 140 valence electrons. The average Bonchev–Trinajstić information content (AvgIpc) is 2.68. The molecule has 0 atom stereocenters. The van der Waals surface area contributed by atoms with E-state index in [0.29, 0.717) is 11.8 Å². The molecule has 3 rings (SSSR count). The summed E-state index contributed by atoms with van der Waals surface area (Å²) in [4.78, 5) is 0. The van der Waals surface area contributed by atoms with Crippen LogP contribution in [0.3, 0.4) is 0 Å². The molecule has 2 aliphatic carbocycles. The number of nitriles is 1. The van der Waals surface area contributed by atoms with Gasteiger partial charge >= 0.3 is 0 Å². The average molecular weight is 354 g/mol. The zero-order valence-electron chi connectivity index (χ0n) is 16.1. The summed E-state index contributed by atoms with van der Waals surface area (Å²) in [6.07, 6.45) is 18.0. The van der Waals surface area contributed by atoms with Crippen molar-refractivity contribution in [2.45, 2.75) is 77.0 Å². The van der Waals surface area contributed by atoms with Crippen molar-refractivity contribution in [1.29, 1.82) is 5.26 Å². The van der Waals surface area contributed by atoms with E-state index >= 15 is 0 Å². The van der Waals surface area contributed by atoms with Crippen molar-refractivity contribution < 1.29 is 4.39 Å². The van der Waals surface area contributed by atoms with Crippen LogP contribution in [0.15, 0.2) is 30.4 Å². The van der Waals surface area contributed by atoms with Gasteiger partial charge in [0, 0.05) is 0 Å². The lowest BCUT2D eigenvalue weighted by molar-refractivity contribution is 0.292. The molecule has 2 fully saturated rings. The molecule has 26 heavy (non-hydrogen) atoms. The Balaban J connectivity index is 1.45. The molecule has 0 radical (unpaired) electrons. The third kappa shape index (κ3) is 4.97. The van der Waals surface area contributed by atoms with E-state index in [9.17, 15) is 4.39 Å². The molecule has 1 aromatic carbocycles.